The predicted octanol–water partition coefficient (Wildman–Crippen LogP) is 4.17. The molecule has 0 spiro atoms. The molecule has 0 radical (unpaired) electrons. The number of hydrogen-bond donors (Lipinski definition) is 1. The van der Waals surface area contributed by atoms with Gasteiger partial charge in [-0.3, -0.25) is 4.79 Å². The van der Waals surface area contributed by atoms with E-state index in [1.54, 1.807) is 18.3 Å². The van der Waals surface area contributed by atoms with Crippen LogP contribution in [0.15, 0.2) is 52.0 Å². The zero-order valence-electron chi connectivity index (χ0n) is 10.7. The lowest BCUT2D eigenvalue weighted by Crippen LogP contribution is -2.18. The first kappa shape index (κ1) is 14.8. The molecule has 0 aliphatic carbocycles. The number of hydrazone groups is 1. The van der Waals surface area contributed by atoms with E-state index in [2.05, 4.69) is 26.5 Å². The molecule has 0 heterocycles. The van der Waals surface area contributed by atoms with Crippen LogP contribution in [-0.4, -0.2) is 12.1 Å². The van der Waals surface area contributed by atoms with Gasteiger partial charge in [0, 0.05) is 4.47 Å². The molecule has 3 nitrogen and oxygen atoms in total. The fraction of sp³-hybridized carbons (Fsp3) is 0.0667. The Morgan fingerprint density at radius 2 is 1.95 bits per heavy atom. The molecule has 102 valence electrons. The third kappa shape index (κ3) is 3.92. The molecular weight excluding hydrogens is 340 g/mol. The third-order valence-electron chi connectivity index (χ3n) is 2.62. The van der Waals surface area contributed by atoms with E-state index in [1.807, 2.05) is 37.3 Å². The fourth-order valence-corrected chi connectivity index (χ4v) is 2.16. The summed E-state index contributed by atoms with van der Waals surface area (Å²) in [5.41, 5.74) is 4.76. The molecule has 0 aromatic heterocycles. The molecule has 2 aromatic carbocycles. The first-order valence-corrected chi connectivity index (χ1v) is 7.08. The van der Waals surface area contributed by atoms with Crippen molar-refractivity contribution in [1.29, 1.82) is 0 Å². The fourth-order valence-electron chi connectivity index (χ4n) is 1.58. The van der Waals surface area contributed by atoms with Crippen molar-refractivity contribution in [2.75, 3.05) is 0 Å². The minimum absolute atomic E-state index is 0.330. The summed E-state index contributed by atoms with van der Waals surface area (Å²) in [5.74, 6) is -0.330. The Balaban J connectivity index is 2.03. The molecular formula is C15H12BrClN2O. The molecule has 0 bridgehead atoms. The summed E-state index contributed by atoms with van der Waals surface area (Å²) in [6.07, 6.45) is 1.58. The number of nitrogens with one attached hydrogen (secondary N) is 1. The van der Waals surface area contributed by atoms with Crippen molar-refractivity contribution in [3.63, 3.8) is 0 Å². The summed E-state index contributed by atoms with van der Waals surface area (Å²) in [6, 6.07) is 12.8. The quantitative estimate of drug-likeness (QED) is 0.654. The summed E-state index contributed by atoms with van der Waals surface area (Å²) in [6.45, 7) is 1.92. The second kappa shape index (κ2) is 6.68. The van der Waals surface area contributed by atoms with Crippen molar-refractivity contribution in [3.05, 3.63) is 68.7 Å². The van der Waals surface area contributed by atoms with Crippen molar-refractivity contribution in [1.82, 2.24) is 5.43 Å². The normalized spacial score (nSPS) is 10.8. The maximum absolute atomic E-state index is 11.9. The van der Waals surface area contributed by atoms with Crippen molar-refractivity contribution in [2.45, 2.75) is 6.92 Å². The van der Waals surface area contributed by atoms with Gasteiger partial charge < -0.3 is 0 Å². The van der Waals surface area contributed by atoms with E-state index in [9.17, 15) is 4.79 Å². The molecule has 0 saturated carbocycles. The first-order chi connectivity index (χ1) is 9.56. The van der Waals surface area contributed by atoms with E-state index >= 15 is 0 Å². The highest BCUT2D eigenvalue weighted by molar-refractivity contribution is 9.10. The average molecular weight is 352 g/mol. The highest BCUT2D eigenvalue weighted by Crippen LogP contribution is 2.17. The van der Waals surface area contributed by atoms with Gasteiger partial charge in [0.2, 0.25) is 0 Å². The number of amides is 1. The minimum atomic E-state index is -0.330. The van der Waals surface area contributed by atoms with Crippen LogP contribution in [0.4, 0.5) is 0 Å². The van der Waals surface area contributed by atoms with E-state index < -0.39 is 0 Å². The summed E-state index contributed by atoms with van der Waals surface area (Å²) in [5, 5.41) is 4.33. The van der Waals surface area contributed by atoms with Crippen molar-refractivity contribution >= 4 is 39.7 Å². The maximum Gasteiger partial charge on any atom is 0.272 e. The highest BCUT2D eigenvalue weighted by Gasteiger charge is 2.08. The van der Waals surface area contributed by atoms with Gasteiger partial charge in [-0.1, -0.05) is 45.7 Å². The summed E-state index contributed by atoms with van der Waals surface area (Å²) in [7, 11) is 0. The molecule has 0 aliphatic rings. The SMILES string of the molecule is Cc1ccc(C(=O)NN=Cc2ccc(Br)cc2)c(Cl)c1. The number of rotatable bonds is 3. The van der Waals surface area contributed by atoms with Crippen LogP contribution in [0.2, 0.25) is 5.02 Å². The smallest absolute Gasteiger partial charge is 0.267 e. The van der Waals surface area contributed by atoms with E-state index in [-0.39, 0.29) is 5.91 Å². The molecule has 2 rings (SSSR count). The van der Waals surface area contributed by atoms with Gasteiger partial charge in [-0.05, 0) is 42.3 Å². The van der Waals surface area contributed by atoms with Gasteiger partial charge in [0.05, 0.1) is 16.8 Å². The van der Waals surface area contributed by atoms with Crippen LogP contribution < -0.4 is 5.43 Å². The van der Waals surface area contributed by atoms with Crippen LogP contribution in [0.1, 0.15) is 21.5 Å². The molecule has 0 unspecified atom stereocenters. The Hall–Kier alpha value is -1.65. The third-order valence-corrected chi connectivity index (χ3v) is 3.46. The predicted molar refractivity (Wildman–Crippen MR) is 85.4 cm³/mol. The maximum atomic E-state index is 11.9. The molecule has 0 saturated heterocycles. The molecule has 0 aliphatic heterocycles. The Morgan fingerprint density at radius 3 is 2.60 bits per heavy atom. The second-order valence-electron chi connectivity index (χ2n) is 4.23. The first-order valence-electron chi connectivity index (χ1n) is 5.91. The second-order valence-corrected chi connectivity index (χ2v) is 5.56. The topological polar surface area (TPSA) is 41.5 Å². The molecule has 0 fully saturated rings. The number of benzene rings is 2. The van der Waals surface area contributed by atoms with Gasteiger partial charge in [0.1, 0.15) is 0 Å². The van der Waals surface area contributed by atoms with Crippen LogP contribution in [0.25, 0.3) is 0 Å². The van der Waals surface area contributed by atoms with Crippen molar-refractivity contribution in [2.24, 2.45) is 5.10 Å². The highest BCUT2D eigenvalue weighted by atomic mass is 79.9. The monoisotopic (exact) mass is 350 g/mol. The summed E-state index contributed by atoms with van der Waals surface area (Å²) in [4.78, 5) is 11.9. The minimum Gasteiger partial charge on any atom is -0.267 e. The van der Waals surface area contributed by atoms with E-state index in [0.29, 0.717) is 10.6 Å². The Kier molecular flexibility index (Phi) is 4.93. The van der Waals surface area contributed by atoms with Crippen LogP contribution in [0.5, 0.6) is 0 Å². The van der Waals surface area contributed by atoms with Gasteiger partial charge >= 0.3 is 0 Å². The Bertz CT molecular complexity index is 653. The summed E-state index contributed by atoms with van der Waals surface area (Å²) < 4.78 is 0.991. The van der Waals surface area contributed by atoms with Crippen LogP contribution in [0, 0.1) is 6.92 Å². The number of hydrogen-bond acceptors (Lipinski definition) is 2. The largest absolute Gasteiger partial charge is 0.272 e. The zero-order chi connectivity index (χ0) is 14.5. The van der Waals surface area contributed by atoms with Crippen LogP contribution in [0.3, 0.4) is 0 Å². The van der Waals surface area contributed by atoms with E-state index in [0.717, 1.165) is 15.6 Å². The van der Waals surface area contributed by atoms with E-state index in [1.165, 1.54) is 0 Å². The standard InChI is InChI=1S/C15H12BrClN2O/c1-10-2-7-13(14(17)8-10)15(20)19-18-9-11-3-5-12(16)6-4-11/h2-9H,1H3,(H,19,20). The average Bonchev–Trinajstić information content (AvgIpc) is 2.41. The lowest BCUT2D eigenvalue weighted by molar-refractivity contribution is 0.0955. The summed E-state index contributed by atoms with van der Waals surface area (Å²) >= 11 is 9.37. The van der Waals surface area contributed by atoms with Gasteiger partial charge in [-0.15, -0.1) is 0 Å². The Morgan fingerprint density at radius 1 is 1.25 bits per heavy atom. The van der Waals surface area contributed by atoms with Crippen LogP contribution in [-0.2, 0) is 0 Å². The zero-order valence-corrected chi connectivity index (χ0v) is 13.1. The van der Waals surface area contributed by atoms with Crippen LogP contribution >= 0.6 is 27.5 Å². The number of carbonyl (C=O) groups excluding carboxylic acids is 1. The number of carbonyl (C=O) groups is 1. The number of halogens is 2. The van der Waals surface area contributed by atoms with E-state index in [4.69, 9.17) is 11.6 Å². The Labute approximate surface area is 130 Å². The molecule has 1 amide bonds. The molecule has 5 heteroatoms. The molecule has 0 atom stereocenters. The van der Waals surface area contributed by atoms with Crippen molar-refractivity contribution in [3.8, 4) is 0 Å². The van der Waals surface area contributed by atoms with Crippen molar-refractivity contribution < 1.29 is 4.79 Å². The van der Waals surface area contributed by atoms with Gasteiger partial charge in [0.15, 0.2) is 0 Å². The van der Waals surface area contributed by atoms with Gasteiger partial charge in [-0.25, -0.2) is 5.43 Å². The number of aryl methyl sites for hydroxylation is 1. The number of nitrogens with zero attached hydrogens (tertiary/aromatic N) is 1. The molecule has 1 N–H and O–H groups in total. The molecule has 20 heavy (non-hydrogen) atoms. The lowest BCUT2D eigenvalue weighted by Gasteiger charge is -2.03. The molecule has 2 aromatic rings. The lowest BCUT2D eigenvalue weighted by atomic mass is 10.1. The van der Waals surface area contributed by atoms with Gasteiger partial charge in [-0.2, -0.15) is 5.10 Å². The van der Waals surface area contributed by atoms with Gasteiger partial charge in [0.25, 0.3) is 5.91 Å².